The van der Waals surface area contributed by atoms with Crippen LogP contribution >= 0.6 is 0 Å². The number of amides is 2. The third-order valence-electron chi connectivity index (χ3n) is 7.32. The first-order valence-electron chi connectivity index (χ1n) is 11.5. The molecule has 7 heteroatoms. The van der Waals surface area contributed by atoms with Gasteiger partial charge in [-0.3, -0.25) is 19.3 Å². The zero-order valence-electron chi connectivity index (χ0n) is 18.5. The number of methoxy groups -OCH3 is 1. The van der Waals surface area contributed by atoms with E-state index in [0.717, 1.165) is 30.1 Å². The number of carboxylic acid groups (broad SMARTS) is 1. The monoisotopic (exact) mass is 449 g/mol. The van der Waals surface area contributed by atoms with Crippen LogP contribution in [0.1, 0.15) is 70.8 Å². The molecule has 2 saturated carbocycles. The van der Waals surface area contributed by atoms with Crippen LogP contribution in [0.3, 0.4) is 0 Å². The van der Waals surface area contributed by atoms with Gasteiger partial charge in [0.2, 0.25) is 0 Å². The van der Waals surface area contributed by atoms with Crippen LogP contribution < -0.4 is 9.47 Å². The van der Waals surface area contributed by atoms with Crippen molar-refractivity contribution in [2.24, 2.45) is 11.8 Å². The second kappa shape index (κ2) is 8.54. The van der Waals surface area contributed by atoms with Gasteiger partial charge in [0.1, 0.15) is 6.10 Å². The van der Waals surface area contributed by atoms with E-state index in [1.807, 2.05) is 0 Å². The lowest BCUT2D eigenvalue weighted by molar-refractivity contribution is -0.138. The van der Waals surface area contributed by atoms with E-state index in [0.29, 0.717) is 34.1 Å². The summed E-state index contributed by atoms with van der Waals surface area (Å²) in [7, 11) is 1.56. The van der Waals surface area contributed by atoms with Gasteiger partial charge in [0.05, 0.1) is 30.7 Å². The number of hydrogen-bond acceptors (Lipinski definition) is 5. The van der Waals surface area contributed by atoms with Crippen molar-refractivity contribution in [3.05, 3.63) is 59.2 Å². The molecule has 2 aliphatic carbocycles. The van der Waals surface area contributed by atoms with Crippen LogP contribution in [0, 0.1) is 11.8 Å². The number of benzene rings is 2. The summed E-state index contributed by atoms with van der Waals surface area (Å²) in [6.07, 6.45) is 5.43. The van der Waals surface area contributed by atoms with Crippen LogP contribution in [0.2, 0.25) is 0 Å². The van der Waals surface area contributed by atoms with Gasteiger partial charge in [0.15, 0.2) is 11.5 Å². The molecule has 7 nitrogen and oxygen atoms in total. The predicted molar refractivity (Wildman–Crippen MR) is 119 cm³/mol. The first-order valence-corrected chi connectivity index (χ1v) is 11.5. The minimum atomic E-state index is -1.10. The molecular weight excluding hydrogens is 422 g/mol. The first-order chi connectivity index (χ1) is 16.0. The summed E-state index contributed by atoms with van der Waals surface area (Å²) in [6, 6.07) is 10.8. The van der Waals surface area contributed by atoms with E-state index in [2.05, 4.69) is 0 Å². The molecule has 172 valence electrons. The Balaban J connectivity index is 1.49. The number of carbonyl (C=O) groups is 3. The largest absolute Gasteiger partial charge is 0.493 e. The van der Waals surface area contributed by atoms with Crippen molar-refractivity contribution >= 4 is 17.8 Å². The van der Waals surface area contributed by atoms with Crippen molar-refractivity contribution in [3.63, 3.8) is 0 Å². The molecule has 33 heavy (non-hydrogen) atoms. The average Bonchev–Trinajstić information content (AvgIpc) is 3.32. The molecule has 2 bridgehead atoms. The van der Waals surface area contributed by atoms with Gasteiger partial charge in [-0.05, 0) is 67.3 Å². The molecule has 0 saturated heterocycles. The summed E-state index contributed by atoms with van der Waals surface area (Å²) in [5.41, 5.74) is 1.12. The Kier molecular flexibility index (Phi) is 5.56. The Hall–Kier alpha value is -3.35. The van der Waals surface area contributed by atoms with Crippen molar-refractivity contribution in [3.8, 4) is 11.5 Å². The fourth-order valence-electron chi connectivity index (χ4n) is 5.67. The van der Waals surface area contributed by atoms with Gasteiger partial charge in [-0.15, -0.1) is 0 Å². The predicted octanol–water partition coefficient (Wildman–Crippen LogP) is 4.46. The third kappa shape index (κ3) is 3.86. The molecule has 2 fully saturated rings. The maximum absolute atomic E-state index is 13.1. The maximum atomic E-state index is 13.1. The van der Waals surface area contributed by atoms with Crippen molar-refractivity contribution in [1.82, 2.24) is 4.90 Å². The van der Waals surface area contributed by atoms with E-state index in [-0.39, 0.29) is 6.10 Å². The van der Waals surface area contributed by atoms with Gasteiger partial charge in [-0.2, -0.15) is 0 Å². The van der Waals surface area contributed by atoms with Crippen molar-refractivity contribution in [2.45, 2.75) is 50.7 Å². The summed E-state index contributed by atoms with van der Waals surface area (Å²) in [6.45, 7) is 0. The summed E-state index contributed by atoms with van der Waals surface area (Å²) >= 11 is 0. The number of imide groups is 1. The number of aliphatic carboxylic acids is 1. The van der Waals surface area contributed by atoms with Gasteiger partial charge < -0.3 is 14.6 Å². The number of rotatable bonds is 7. The van der Waals surface area contributed by atoms with Crippen molar-refractivity contribution < 1.29 is 29.0 Å². The van der Waals surface area contributed by atoms with Gasteiger partial charge in [0, 0.05) is 0 Å². The van der Waals surface area contributed by atoms with Crippen molar-refractivity contribution in [1.29, 1.82) is 0 Å². The standard InChI is InChI=1S/C26H27NO6/c1-32-22-11-9-16(13-23(22)33-21-10-7-15-6-8-17(21)12-15)20(14-24(28)29)27-25(30)18-4-2-3-5-19(18)26(27)31/h2-5,9,11,13,15,17,20-21H,6-8,10,12,14H2,1H3,(H,28,29). The molecule has 0 radical (unpaired) electrons. The number of carbonyl (C=O) groups excluding carboxylic acids is 2. The fourth-order valence-corrected chi connectivity index (χ4v) is 5.67. The lowest BCUT2D eigenvalue weighted by Gasteiger charge is -2.31. The van der Waals surface area contributed by atoms with E-state index in [9.17, 15) is 19.5 Å². The van der Waals surface area contributed by atoms with Gasteiger partial charge >= 0.3 is 5.97 Å². The lowest BCUT2D eigenvalue weighted by Crippen LogP contribution is -2.35. The van der Waals surface area contributed by atoms with E-state index in [1.54, 1.807) is 49.6 Å². The van der Waals surface area contributed by atoms with E-state index in [4.69, 9.17) is 9.47 Å². The summed E-state index contributed by atoms with van der Waals surface area (Å²) in [4.78, 5) is 38.9. The molecule has 1 N–H and O–H groups in total. The molecule has 5 rings (SSSR count). The van der Waals surface area contributed by atoms with Gasteiger partial charge in [-0.1, -0.05) is 24.6 Å². The molecule has 0 spiro atoms. The Morgan fingerprint density at radius 2 is 1.73 bits per heavy atom. The number of hydrogen-bond donors (Lipinski definition) is 1. The van der Waals surface area contributed by atoms with Gasteiger partial charge in [-0.25, -0.2) is 0 Å². The maximum Gasteiger partial charge on any atom is 0.305 e. The highest BCUT2D eigenvalue weighted by Crippen LogP contribution is 2.45. The highest BCUT2D eigenvalue weighted by molar-refractivity contribution is 6.21. The zero-order chi connectivity index (χ0) is 23.1. The molecule has 2 amide bonds. The molecule has 2 aromatic carbocycles. The highest BCUT2D eigenvalue weighted by Gasteiger charge is 2.42. The quantitative estimate of drug-likeness (QED) is 0.627. The number of nitrogens with zero attached hydrogens (tertiary/aromatic N) is 1. The lowest BCUT2D eigenvalue weighted by atomic mass is 9.87. The normalized spacial score (nSPS) is 24.5. The minimum Gasteiger partial charge on any atom is -0.493 e. The van der Waals surface area contributed by atoms with Gasteiger partial charge in [0.25, 0.3) is 11.8 Å². The molecule has 4 atom stereocenters. The Morgan fingerprint density at radius 1 is 1.03 bits per heavy atom. The molecule has 3 aliphatic rings. The Labute approximate surface area is 192 Å². The van der Waals surface area contributed by atoms with Crippen LogP contribution in [-0.2, 0) is 4.79 Å². The number of fused-ring (bicyclic) bond motifs is 3. The molecule has 1 heterocycles. The van der Waals surface area contributed by atoms with Crippen LogP contribution in [0.25, 0.3) is 0 Å². The molecule has 1 aliphatic heterocycles. The number of ether oxygens (including phenoxy) is 2. The molecule has 4 unspecified atom stereocenters. The third-order valence-corrected chi connectivity index (χ3v) is 7.32. The van der Waals surface area contributed by atoms with Crippen LogP contribution in [0.4, 0.5) is 0 Å². The van der Waals surface area contributed by atoms with E-state index in [1.165, 1.54) is 12.8 Å². The fraction of sp³-hybridized carbons (Fsp3) is 0.423. The summed E-state index contributed by atoms with van der Waals surface area (Å²) < 4.78 is 11.9. The molecule has 0 aromatic heterocycles. The average molecular weight is 450 g/mol. The summed E-state index contributed by atoms with van der Waals surface area (Å²) in [5, 5.41) is 9.59. The topological polar surface area (TPSA) is 93.1 Å². The SMILES string of the molecule is COc1ccc(C(CC(=O)O)N2C(=O)c3ccccc3C2=O)cc1OC1CCC2CCC1C2. The Bertz CT molecular complexity index is 1080. The Morgan fingerprint density at radius 3 is 2.39 bits per heavy atom. The van der Waals surface area contributed by atoms with Crippen molar-refractivity contribution in [2.75, 3.05) is 7.11 Å². The zero-order valence-corrected chi connectivity index (χ0v) is 18.5. The molecular formula is C26H27NO6. The van der Waals surface area contributed by atoms with Crippen LogP contribution in [0.5, 0.6) is 11.5 Å². The van der Waals surface area contributed by atoms with E-state index < -0.39 is 30.2 Å². The minimum absolute atomic E-state index is 0.0881. The smallest absolute Gasteiger partial charge is 0.305 e. The second-order valence-corrected chi connectivity index (χ2v) is 9.22. The highest BCUT2D eigenvalue weighted by atomic mass is 16.5. The first kappa shape index (κ1) is 21.5. The number of carboxylic acids is 1. The van der Waals surface area contributed by atoms with Crippen LogP contribution in [-0.4, -0.2) is 41.0 Å². The molecule has 2 aromatic rings. The summed E-state index contributed by atoms with van der Waals surface area (Å²) in [5.74, 6) is 0.334. The second-order valence-electron chi connectivity index (χ2n) is 9.22. The van der Waals surface area contributed by atoms with E-state index >= 15 is 0 Å². The van der Waals surface area contributed by atoms with Crippen LogP contribution in [0.15, 0.2) is 42.5 Å².